The topological polar surface area (TPSA) is 111 Å². The van der Waals surface area contributed by atoms with Gasteiger partial charge in [0.2, 0.25) is 0 Å². The van der Waals surface area contributed by atoms with E-state index in [1.165, 1.54) is 6.92 Å². The number of hydrogen-bond acceptors (Lipinski definition) is 6. The van der Waals surface area contributed by atoms with E-state index in [1.807, 2.05) is 0 Å². The van der Waals surface area contributed by atoms with Gasteiger partial charge in [0.15, 0.2) is 12.4 Å². The molecule has 8 nitrogen and oxygen atoms in total. The van der Waals surface area contributed by atoms with Crippen LogP contribution in [0.2, 0.25) is 0 Å². The van der Waals surface area contributed by atoms with Crippen molar-refractivity contribution in [2.45, 2.75) is 32.2 Å². The number of rotatable bonds is 10. The third kappa shape index (κ3) is 6.95. The van der Waals surface area contributed by atoms with Crippen LogP contribution in [0.1, 0.15) is 46.9 Å². The molecule has 0 bridgehead atoms. The number of nitrogens with one attached hydrogen (secondary N) is 2. The van der Waals surface area contributed by atoms with Gasteiger partial charge in [0.05, 0.1) is 24.3 Å². The lowest BCUT2D eigenvalue weighted by Gasteiger charge is -2.11. The molecule has 0 heterocycles. The van der Waals surface area contributed by atoms with Gasteiger partial charge in [-0.1, -0.05) is 12.1 Å². The van der Waals surface area contributed by atoms with Crippen molar-refractivity contribution in [3.05, 3.63) is 59.7 Å². The van der Waals surface area contributed by atoms with Crippen LogP contribution in [0.15, 0.2) is 48.5 Å². The van der Waals surface area contributed by atoms with Gasteiger partial charge in [-0.3, -0.25) is 19.2 Å². The molecule has 2 aromatic carbocycles. The Morgan fingerprint density at radius 3 is 2.39 bits per heavy atom. The molecule has 1 aliphatic carbocycles. The van der Waals surface area contributed by atoms with Crippen molar-refractivity contribution in [3.63, 3.8) is 0 Å². The summed E-state index contributed by atoms with van der Waals surface area (Å²) in [7, 11) is 0. The molecule has 1 fully saturated rings. The van der Waals surface area contributed by atoms with Gasteiger partial charge in [-0.25, -0.2) is 0 Å². The quantitative estimate of drug-likeness (QED) is 0.448. The molecule has 0 radical (unpaired) electrons. The molecule has 2 aromatic rings. The highest BCUT2D eigenvalue weighted by Gasteiger charge is 2.25. The molecule has 1 aliphatic rings. The van der Waals surface area contributed by atoms with E-state index < -0.39 is 18.5 Å². The molecule has 0 unspecified atom stereocenters. The van der Waals surface area contributed by atoms with Crippen molar-refractivity contribution < 1.29 is 28.7 Å². The molecular weight excluding hydrogens is 400 g/mol. The number of hydrogen-bond donors (Lipinski definition) is 2. The SMILES string of the molecule is CC(=O)c1ccc(OCCC(=O)OCC(=O)Nc2ccccc2C(=O)NC2CC2)cc1. The van der Waals surface area contributed by atoms with Crippen LogP contribution >= 0.6 is 0 Å². The number of benzene rings is 2. The van der Waals surface area contributed by atoms with Gasteiger partial charge in [0, 0.05) is 11.6 Å². The molecule has 0 aromatic heterocycles. The molecule has 0 spiro atoms. The zero-order valence-electron chi connectivity index (χ0n) is 17.2. The Hall–Kier alpha value is -3.68. The molecule has 3 rings (SSSR count). The first-order valence-electron chi connectivity index (χ1n) is 10.0. The first kappa shape index (κ1) is 22.0. The highest BCUT2D eigenvalue weighted by molar-refractivity contribution is 6.04. The second-order valence-corrected chi connectivity index (χ2v) is 7.18. The lowest BCUT2D eigenvalue weighted by Crippen LogP contribution is -2.28. The number of Topliss-reactive ketones (excluding diaryl/α,β-unsaturated/α-hetero) is 1. The second-order valence-electron chi connectivity index (χ2n) is 7.18. The summed E-state index contributed by atoms with van der Waals surface area (Å²) in [6.07, 6.45) is 1.88. The van der Waals surface area contributed by atoms with Gasteiger partial charge in [0.25, 0.3) is 11.8 Å². The highest BCUT2D eigenvalue weighted by atomic mass is 16.5. The third-order valence-corrected chi connectivity index (χ3v) is 4.56. The van der Waals surface area contributed by atoms with Crippen molar-refractivity contribution in [1.82, 2.24) is 5.32 Å². The predicted octanol–water partition coefficient (Wildman–Crippen LogP) is 2.73. The molecular formula is C23H24N2O6. The summed E-state index contributed by atoms with van der Waals surface area (Å²) in [6.45, 7) is 1.08. The lowest BCUT2D eigenvalue weighted by atomic mass is 10.1. The van der Waals surface area contributed by atoms with Crippen LogP contribution in [0.3, 0.4) is 0 Å². The molecule has 2 amide bonds. The number of ketones is 1. The second kappa shape index (κ2) is 10.4. The van der Waals surface area contributed by atoms with Crippen LogP contribution in [0.25, 0.3) is 0 Å². The fraction of sp³-hybridized carbons (Fsp3) is 0.304. The van der Waals surface area contributed by atoms with E-state index in [0.29, 0.717) is 22.6 Å². The van der Waals surface area contributed by atoms with Gasteiger partial charge < -0.3 is 20.1 Å². The Morgan fingerprint density at radius 1 is 1.00 bits per heavy atom. The summed E-state index contributed by atoms with van der Waals surface area (Å²) in [5.41, 5.74) is 1.29. The monoisotopic (exact) mass is 424 g/mol. The maximum atomic E-state index is 12.3. The maximum Gasteiger partial charge on any atom is 0.309 e. The Bertz CT molecular complexity index is 966. The summed E-state index contributed by atoms with van der Waals surface area (Å²) in [5.74, 6) is -0.892. The molecule has 31 heavy (non-hydrogen) atoms. The number of para-hydroxylation sites is 1. The number of carbonyl (C=O) groups is 4. The van der Waals surface area contributed by atoms with Crippen molar-refractivity contribution >= 4 is 29.3 Å². The Kier molecular flexibility index (Phi) is 7.37. The van der Waals surface area contributed by atoms with Crippen molar-refractivity contribution in [2.24, 2.45) is 0 Å². The fourth-order valence-corrected chi connectivity index (χ4v) is 2.72. The number of carbonyl (C=O) groups excluding carboxylic acids is 4. The molecule has 2 N–H and O–H groups in total. The molecule has 162 valence electrons. The van der Waals surface area contributed by atoms with Crippen LogP contribution in [0.5, 0.6) is 5.75 Å². The van der Waals surface area contributed by atoms with E-state index >= 15 is 0 Å². The van der Waals surface area contributed by atoms with Crippen molar-refractivity contribution in [3.8, 4) is 5.75 Å². The van der Waals surface area contributed by atoms with Crippen LogP contribution in [-0.4, -0.2) is 42.8 Å². The summed E-state index contributed by atoms with van der Waals surface area (Å²) in [6, 6.07) is 13.4. The molecule has 0 aliphatic heterocycles. The minimum absolute atomic E-state index is 0.0396. The predicted molar refractivity (Wildman–Crippen MR) is 113 cm³/mol. The van der Waals surface area contributed by atoms with Gasteiger partial charge in [-0.05, 0) is 56.2 Å². The van der Waals surface area contributed by atoms with Gasteiger partial charge in [0.1, 0.15) is 5.75 Å². The maximum absolute atomic E-state index is 12.3. The van der Waals surface area contributed by atoms with Crippen LogP contribution in [0, 0.1) is 0 Å². The Morgan fingerprint density at radius 2 is 1.71 bits per heavy atom. The van der Waals surface area contributed by atoms with Gasteiger partial charge in [-0.2, -0.15) is 0 Å². The van der Waals surface area contributed by atoms with Gasteiger partial charge in [-0.15, -0.1) is 0 Å². The minimum Gasteiger partial charge on any atom is -0.493 e. The molecule has 8 heteroatoms. The fourth-order valence-electron chi connectivity index (χ4n) is 2.72. The minimum atomic E-state index is -0.588. The highest BCUT2D eigenvalue weighted by Crippen LogP contribution is 2.21. The number of amides is 2. The number of esters is 1. The largest absolute Gasteiger partial charge is 0.493 e. The van der Waals surface area contributed by atoms with Crippen molar-refractivity contribution in [1.29, 1.82) is 0 Å². The molecule has 0 saturated heterocycles. The average Bonchev–Trinajstić information content (AvgIpc) is 3.57. The van der Waals surface area contributed by atoms with E-state index in [0.717, 1.165) is 12.8 Å². The normalized spacial score (nSPS) is 12.5. The Balaban J connectivity index is 1.40. The van der Waals surface area contributed by atoms with Crippen LogP contribution in [0.4, 0.5) is 5.69 Å². The number of anilines is 1. The molecule has 0 atom stereocenters. The van der Waals surface area contributed by atoms with E-state index in [-0.39, 0.29) is 30.8 Å². The standard InChI is InChI=1S/C23H24N2O6/c1-15(26)16-6-10-18(11-7-16)30-13-12-22(28)31-14-21(27)25-20-5-3-2-4-19(20)23(29)24-17-8-9-17/h2-7,10-11,17H,8-9,12-14H2,1H3,(H,24,29)(H,25,27). The first-order chi connectivity index (χ1) is 14.9. The van der Waals surface area contributed by atoms with E-state index in [4.69, 9.17) is 9.47 Å². The van der Waals surface area contributed by atoms with Gasteiger partial charge >= 0.3 is 5.97 Å². The smallest absolute Gasteiger partial charge is 0.309 e. The van der Waals surface area contributed by atoms with E-state index in [1.54, 1.807) is 48.5 Å². The third-order valence-electron chi connectivity index (χ3n) is 4.56. The summed E-state index contributed by atoms with van der Waals surface area (Å²) in [4.78, 5) is 47.5. The summed E-state index contributed by atoms with van der Waals surface area (Å²) in [5, 5.41) is 5.47. The molecule has 1 saturated carbocycles. The zero-order valence-corrected chi connectivity index (χ0v) is 17.2. The van der Waals surface area contributed by atoms with E-state index in [9.17, 15) is 19.2 Å². The zero-order chi connectivity index (χ0) is 22.2. The number of ether oxygens (including phenoxy) is 2. The average molecular weight is 424 g/mol. The van der Waals surface area contributed by atoms with Crippen molar-refractivity contribution in [2.75, 3.05) is 18.5 Å². The van der Waals surface area contributed by atoms with Crippen LogP contribution < -0.4 is 15.4 Å². The first-order valence-corrected chi connectivity index (χ1v) is 10.0. The van der Waals surface area contributed by atoms with Crippen LogP contribution in [-0.2, 0) is 14.3 Å². The summed E-state index contributed by atoms with van der Waals surface area (Å²) < 4.78 is 10.4. The van der Waals surface area contributed by atoms with E-state index in [2.05, 4.69) is 10.6 Å². The Labute approximate surface area is 179 Å². The summed E-state index contributed by atoms with van der Waals surface area (Å²) >= 11 is 0. The lowest BCUT2D eigenvalue weighted by molar-refractivity contribution is -0.147.